The molecule has 0 spiro atoms. The van der Waals surface area contributed by atoms with Crippen LogP contribution in [0, 0.1) is 13.8 Å². The molecular weight excluding hydrogens is 430 g/mol. The van der Waals surface area contributed by atoms with Crippen molar-refractivity contribution in [1.29, 1.82) is 0 Å². The SMILES string of the molecule is COc1ccc(C(=O)Nc2c(C)nn(Cc3cccc(Oc4ccccc4)c3)c2C)cc1OC. The Morgan fingerprint density at radius 3 is 2.35 bits per heavy atom. The summed E-state index contributed by atoms with van der Waals surface area (Å²) in [6.45, 7) is 4.36. The van der Waals surface area contributed by atoms with Gasteiger partial charge in [-0.2, -0.15) is 5.10 Å². The van der Waals surface area contributed by atoms with Crippen molar-refractivity contribution in [2.24, 2.45) is 0 Å². The van der Waals surface area contributed by atoms with Gasteiger partial charge in [-0.1, -0.05) is 30.3 Å². The molecule has 0 aliphatic heterocycles. The first-order chi connectivity index (χ1) is 16.5. The van der Waals surface area contributed by atoms with Crippen LogP contribution in [0.2, 0.25) is 0 Å². The zero-order valence-electron chi connectivity index (χ0n) is 19.7. The van der Waals surface area contributed by atoms with Crippen LogP contribution < -0.4 is 19.5 Å². The number of benzene rings is 3. The Morgan fingerprint density at radius 1 is 0.882 bits per heavy atom. The number of methoxy groups -OCH3 is 2. The molecule has 0 saturated carbocycles. The van der Waals surface area contributed by atoms with Gasteiger partial charge in [0, 0.05) is 5.56 Å². The van der Waals surface area contributed by atoms with Gasteiger partial charge in [-0.3, -0.25) is 9.48 Å². The van der Waals surface area contributed by atoms with Crippen LogP contribution >= 0.6 is 0 Å². The van der Waals surface area contributed by atoms with Crippen molar-refractivity contribution in [3.8, 4) is 23.0 Å². The van der Waals surface area contributed by atoms with E-state index in [1.165, 1.54) is 7.11 Å². The number of aryl methyl sites for hydroxylation is 1. The van der Waals surface area contributed by atoms with Crippen LogP contribution in [0.5, 0.6) is 23.0 Å². The lowest BCUT2D eigenvalue weighted by Gasteiger charge is -2.11. The summed E-state index contributed by atoms with van der Waals surface area (Å²) < 4.78 is 18.4. The number of para-hydroxylation sites is 1. The predicted octanol–water partition coefficient (Wildman–Crippen LogP) is 5.61. The zero-order valence-corrected chi connectivity index (χ0v) is 19.7. The van der Waals surface area contributed by atoms with Crippen LogP contribution in [0.1, 0.15) is 27.3 Å². The maximum atomic E-state index is 12.9. The first-order valence-corrected chi connectivity index (χ1v) is 10.9. The molecule has 0 aliphatic carbocycles. The predicted molar refractivity (Wildman–Crippen MR) is 131 cm³/mol. The molecule has 0 saturated heterocycles. The standard InChI is InChI=1S/C27H27N3O4/c1-18-26(28-27(31)21-13-14-24(32-3)25(16-21)33-4)19(2)30(29-18)17-20-9-8-12-23(15-20)34-22-10-6-5-7-11-22/h5-16H,17H2,1-4H3,(H,28,31). The topological polar surface area (TPSA) is 74.6 Å². The first kappa shape index (κ1) is 22.9. The highest BCUT2D eigenvalue weighted by molar-refractivity contribution is 6.05. The number of carbonyl (C=O) groups excluding carboxylic acids is 1. The summed E-state index contributed by atoms with van der Waals surface area (Å²) in [5, 5.41) is 7.63. The van der Waals surface area contributed by atoms with Crippen molar-refractivity contribution in [1.82, 2.24) is 9.78 Å². The number of ether oxygens (including phenoxy) is 3. The number of anilines is 1. The normalized spacial score (nSPS) is 10.6. The highest BCUT2D eigenvalue weighted by Gasteiger charge is 2.17. The summed E-state index contributed by atoms with van der Waals surface area (Å²) in [7, 11) is 3.10. The average Bonchev–Trinajstić information content (AvgIpc) is 3.11. The third-order valence-electron chi connectivity index (χ3n) is 5.48. The maximum Gasteiger partial charge on any atom is 0.255 e. The Hall–Kier alpha value is -4.26. The van der Waals surface area contributed by atoms with Crippen LogP contribution in [-0.4, -0.2) is 29.9 Å². The van der Waals surface area contributed by atoms with Gasteiger partial charge in [0.15, 0.2) is 11.5 Å². The monoisotopic (exact) mass is 457 g/mol. The number of rotatable bonds is 8. The van der Waals surface area contributed by atoms with Crippen molar-refractivity contribution < 1.29 is 19.0 Å². The Labute approximate surface area is 198 Å². The fourth-order valence-corrected chi connectivity index (χ4v) is 3.70. The highest BCUT2D eigenvalue weighted by Crippen LogP contribution is 2.29. The molecule has 4 aromatic rings. The highest BCUT2D eigenvalue weighted by atomic mass is 16.5. The molecule has 0 aliphatic rings. The molecule has 0 unspecified atom stereocenters. The van der Waals surface area contributed by atoms with E-state index in [2.05, 4.69) is 10.4 Å². The van der Waals surface area contributed by atoms with Gasteiger partial charge in [0.1, 0.15) is 11.5 Å². The largest absolute Gasteiger partial charge is 0.493 e. The quantitative estimate of drug-likeness (QED) is 0.372. The summed E-state index contributed by atoms with van der Waals surface area (Å²) in [6.07, 6.45) is 0. The molecule has 1 aromatic heterocycles. The van der Waals surface area contributed by atoms with E-state index in [0.717, 1.165) is 28.5 Å². The molecule has 1 N–H and O–H groups in total. The molecule has 0 fully saturated rings. The zero-order chi connectivity index (χ0) is 24.1. The number of carbonyl (C=O) groups is 1. The number of aromatic nitrogens is 2. The molecule has 7 nitrogen and oxygen atoms in total. The van der Waals surface area contributed by atoms with E-state index in [1.54, 1.807) is 25.3 Å². The molecule has 34 heavy (non-hydrogen) atoms. The fourth-order valence-electron chi connectivity index (χ4n) is 3.70. The van der Waals surface area contributed by atoms with Crippen molar-refractivity contribution in [2.45, 2.75) is 20.4 Å². The second-order valence-corrected chi connectivity index (χ2v) is 7.79. The molecule has 3 aromatic carbocycles. The van der Waals surface area contributed by atoms with Crippen molar-refractivity contribution >= 4 is 11.6 Å². The van der Waals surface area contributed by atoms with Gasteiger partial charge in [-0.05, 0) is 61.9 Å². The van der Waals surface area contributed by atoms with Gasteiger partial charge in [0.2, 0.25) is 0 Å². The fraction of sp³-hybridized carbons (Fsp3) is 0.185. The van der Waals surface area contributed by atoms with E-state index in [-0.39, 0.29) is 5.91 Å². The first-order valence-electron chi connectivity index (χ1n) is 10.9. The molecule has 7 heteroatoms. The third-order valence-corrected chi connectivity index (χ3v) is 5.48. The molecule has 0 radical (unpaired) electrons. The van der Waals surface area contributed by atoms with Gasteiger partial charge < -0.3 is 19.5 Å². The molecule has 0 bridgehead atoms. The van der Waals surface area contributed by atoms with E-state index in [4.69, 9.17) is 14.2 Å². The lowest BCUT2D eigenvalue weighted by atomic mass is 10.1. The van der Waals surface area contributed by atoms with E-state index < -0.39 is 0 Å². The van der Waals surface area contributed by atoms with Gasteiger partial charge >= 0.3 is 0 Å². The van der Waals surface area contributed by atoms with E-state index in [9.17, 15) is 4.79 Å². The van der Waals surface area contributed by atoms with Crippen LogP contribution in [0.25, 0.3) is 0 Å². The van der Waals surface area contributed by atoms with Gasteiger partial charge in [-0.25, -0.2) is 0 Å². The molecule has 4 rings (SSSR count). The van der Waals surface area contributed by atoms with Crippen molar-refractivity contribution in [3.05, 3.63) is 95.3 Å². The summed E-state index contributed by atoms with van der Waals surface area (Å²) >= 11 is 0. The second-order valence-electron chi connectivity index (χ2n) is 7.79. The summed E-state index contributed by atoms with van der Waals surface area (Å²) in [5.41, 5.74) is 3.80. The average molecular weight is 458 g/mol. The number of hydrogen-bond donors (Lipinski definition) is 1. The van der Waals surface area contributed by atoms with E-state index >= 15 is 0 Å². The van der Waals surface area contributed by atoms with Gasteiger partial charge in [-0.15, -0.1) is 0 Å². The summed E-state index contributed by atoms with van der Waals surface area (Å²) in [6, 6.07) is 22.6. The van der Waals surface area contributed by atoms with Gasteiger partial charge in [0.05, 0.1) is 37.8 Å². The number of nitrogens with zero attached hydrogens (tertiary/aromatic N) is 2. The van der Waals surface area contributed by atoms with Crippen molar-refractivity contribution in [3.63, 3.8) is 0 Å². The Kier molecular flexibility index (Phi) is 6.82. The minimum absolute atomic E-state index is 0.245. The number of hydrogen-bond acceptors (Lipinski definition) is 5. The maximum absolute atomic E-state index is 12.9. The summed E-state index contributed by atoms with van der Waals surface area (Å²) in [4.78, 5) is 12.9. The van der Waals surface area contributed by atoms with Crippen LogP contribution in [0.4, 0.5) is 5.69 Å². The molecule has 0 atom stereocenters. The van der Waals surface area contributed by atoms with Crippen LogP contribution in [0.15, 0.2) is 72.8 Å². The number of nitrogens with one attached hydrogen (secondary N) is 1. The van der Waals surface area contributed by atoms with Crippen molar-refractivity contribution in [2.75, 3.05) is 19.5 Å². The van der Waals surface area contributed by atoms with Crippen LogP contribution in [-0.2, 0) is 6.54 Å². The Bertz CT molecular complexity index is 1300. The van der Waals surface area contributed by atoms with E-state index in [1.807, 2.05) is 73.1 Å². The summed E-state index contributed by atoms with van der Waals surface area (Å²) in [5.74, 6) is 2.36. The molecule has 1 amide bonds. The third kappa shape index (κ3) is 5.04. The molecule has 174 valence electrons. The van der Waals surface area contributed by atoms with Gasteiger partial charge in [0.25, 0.3) is 5.91 Å². The Morgan fingerprint density at radius 2 is 1.62 bits per heavy atom. The smallest absolute Gasteiger partial charge is 0.255 e. The Balaban J connectivity index is 1.51. The lowest BCUT2D eigenvalue weighted by Crippen LogP contribution is -2.13. The lowest BCUT2D eigenvalue weighted by molar-refractivity contribution is 0.102. The molecule has 1 heterocycles. The van der Waals surface area contributed by atoms with Crippen LogP contribution in [0.3, 0.4) is 0 Å². The minimum atomic E-state index is -0.245. The van der Waals surface area contributed by atoms with E-state index in [0.29, 0.717) is 29.3 Å². The minimum Gasteiger partial charge on any atom is -0.493 e. The number of amides is 1. The second kappa shape index (κ2) is 10.1. The molecular formula is C27H27N3O4.